The van der Waals surface area contributed by atoms with Crippen LogP contribution in [0.15, 0.2) is 0 Å². The van der Waals surface area contributed by atoms with Crippen molar-refractivity contribution in [2.75, 3.05) is 6.61 Å². The maximum absolute atomic E-state index is 10.6. The molecule has 0 aliphatic rings. The van der Waals surface area contributed by atoms with E-state index >= 15 is 0 Å². The Morgan fingerprint density at radius 1 is 1.90 bits per heavy atom. The van der Waals surface area contributed by atoms with Gasteiger partial charge in [-0.2, -0.15) is 0 Å². The highest BCUT2D eigenvalue weighted by Gasteiger charge is 2.02. The lowest BCUT2D eigenvalue weighted by atomic mass is 10.4. The van der Waals surface area contributed by atoms with Crippen LogP contribution in [0.4, 0.5) is 4.79 Å². The van der Waals surface area contributed by atoms with Crippen molar-refractivity contribution in [3.05, 3.63) is 0 Å². The maximum atomic E-state index is 10.6. The van der Waals surface area contributed by atoms with Crippen LogP contribution < -0.4 is 5.32 Å². The van der Waals surface area contributed by atoms with Crippen LogP contribution >= 0.6 is 0 Å². The highest BCUT2D eigenvalue weighted by Crippen LogP contribution is 1.80. The molecule has 1 N–H and O–H groups in total. The molecule has 0 rings (SSSR count). The van der Waals surface area contributed by atoms with Gasteiger partial charge >= 0.3 is 6.09 Å². The normalized spacial score (nSPS) is 11.3. The summed E-state index contributed by atoms with van der Waals surface area (Å²) in [5.41, 5.74) is 0. The molecule has 0 aromatic rings. The predicted molar refractivity (Wildman–Crippen MR) is 38.5 cm³/mol. The molecule has 10 heavy (non-hydrogen) atoms. The molecule has 0 aromatic carbocycles. The van der Waals surface area contributed by atoms with Crippen LogP contribution in [0.25, 0.3) is 0 Å². The Balaban J connectivity index is 3.49. The number of amides is 1. The first-order valence-corrected chi connectivity index (χ1v) is 3.10. The van der Waals surface area contributed by atoms with Crippen LogP contribution in [0.2, 0.25) is 0 Å². The molecule has 1 atom stereocenters. The number of hydrogen-bond donors (Lipinski definition) is 1. The number of ether oxygens (including phenoxy) is 1. The van der Waals surface area contributed by atoms with E-state index in [1.54, 1.807) is 13.8 Å². The van der Waals surface area contributed by atoms with Crippen LogP contribution in [0.3, 0.4) is 0 Å². The number of hydrogen-bond acceptors (Lipinski definition) is 2. The Morgan fingerprint density at radius 3 is 2.90 bits per heavy atom. The summed E-state index contributed by atoms with van der Waals surface area (Å²) >= 11 is 0. The molecule has 0 bridgehead atoms. The average molecular weight is 141 g/mol. The van der Waals surface area contributed by atoms with Crippen LogP contribution in [-0.4, -0.2) is 18.7 Å². The molecule has 0 fully saturated rings. The summed E-state index contributed by atoms with van der Waals surface area (Å²) in [7, 11) is 0. The van der Waals surface area contributed by atoms with Gasteiger partial charge in [0.2, 0.25) is 0 Å². The van der Waals surface area contributed by atoms with Crippen LogP contribution in [0.5, 0.6) is 0 Å². The minimum atomic E-state index is -0.465. The van der Waals surface area contributed by atoms with Gasteiger partial charge in [-0.05, 0) is 13.8 Å². The van der Waals surface area contributed by atoms with Gasteiger partial charge in [0.25, 0.3) is 0 Å². The van der Waals surface area contributed by atoms with E-state index < -0.39 is 6.09 Å². The SMILES string of the molecule is C#CC(C)NC(=O)OCC. The van der Waals surface area contributed by atoms with E-state index in [-0.39, 0.29) is 6.04 Å². The van der Waals surface area contributed by atoms with E-state index in [2.05, 4.69) is 16.0 Å². The number of carbonyl (C=O) groups excluding carboxylic acids is 1. The molecule has 0 radical (unpaired) electrons. The van der Waals surface area contributed by atoms with Crippen molar-refractivity contribution in [2.45, 2.75) is 19.9 Å². The second-order valence-electron chi connectivity index (χ2n) is 1.75. The molecule has 1 amide bonds. The predicted octanol–water partition coefficient (Wildman–Crippen LogP) is 0.754. The first-order valence-electron chi connectivity index (χ1n) is 3.10. The number of terminal acetylenes is 1. The summed E-state index contributed by atoms with van der Waals surface area (Å²) in [5, 5.41) is 2.43. The molecule has 0 saturated carbocycles. The third-order valence-electron chi connectivity index (χ3n) is 0.860. The summed E-state index contributed by atoms with van der Waals surface area (Å²) in [4.78, 5) is 10.6. The average Bonchev–Trinajstić information content (AvgIpc) is 1.88. The summed E-state index contributed by atoms with van der Waals surface area (Å²) in [6.07, 6.45) is 4.53. The lowest BCUT2D eigenvalue weighted by Gasteiger charge is -2.06. The third-order valence-corrected chi connectivity index (χ3v) is 0.860. The Bertz CT molecular complexity index is 148. The number of rotatable bonds is 2. The molecule has 0 spiro atoms. The summed E-state index contributed by atoms with van der Waals surface area (Å²) in [5.74, 6) is 2.34. The number of carbonyl (C=O) groups is 1. The van der Waals surface area contributed by atoms with Gasteiger partial charge in [-0.25, -0.2) is 4.79 Å². The first kappa shape index (κ1) is 8.83. The second kappa shape index (κ2) is 4.68. The fourth-order valence-corrected chi connectivity index (χ4v) is 0.391. The molecule has 0 saturated heterocycles. The molecular weight excluding hydrogens is 130 g/mol. The molecule has 1 unspecified atom stereocenters. The van der Waals surface area contributed by atoms with Gasteiger partial charge in [0.15, 0.2) is 0 Å². The van der Waals surface area contributed by atoms with Crippen molar-refractivity contribution in [3.8, 4) is 12.3 Å². The Morgan fingerprint density at radius 2 is 2.50 bits per heavy atom. The molecular formula is C7H11NO2. The van der Waals surface area contributed by atoms with Crippen LogP contribution in [-0.2, 0) is 4.74 Å². The van der Waals surface area contributed by atoms with Crippen molar-refractivity contribution >= 4 is 6.09 Å². The minimum Gasteiger partial charge on any atom is -0.450 e. The Hall–Kier alpha value is -1.17. The summed E-state index contributed by atoms with van der Waals surface area (Å²) in [6, 6.07) is -0.265. The summed E-state index contributed by atoms with van der Waals surface area (Å²) < 4.78 is 4.57. The maximum Gasteiger partial charge on any atom is 0.408 e. The van der Waals surface area contributed by atoms with Gasteiger partial charge in [0.05, 0.1) is 12.6 Å². The molecule has 0 heterocycles. The minimum absolute atomic E-state index is 0.265. The zero-order chi connectivity index (χ0) is 7.98. The van der Waals surface area contributed by atoms with E-state index in [0.29, 0.717) is 6.61 Å². The van der Waals surface area contributed by atoms with Gasteiger partial charge < -0.3 is 10.1 Å². The van der Waals surface area contributed by atoms with Gasteiger partial charge in [0, 0.05) is 0 Å². The van der Waals surface area contributed by atoms with Crippen molar-refractivity contribution in [3.63, 3.8) is 0 Å². The Labute approximate surface area is 60.8 Å². The van der Waals surface area contributed by atoms with E-state index in [1.807, 2.05) is 0 Å². The van der Waals surface area contributed by atoms with Crippen molar-refractivity contribution in [1.29, 1.82) is 0 Å². The van der Waals surface area contributed by atoms with E-state index in [9.17, 15) is 4.79 Å². The Kier molecular flexibility index (Phi) is 4.14. The van der Waals surface area contributed by atoms with E-state index in [1.165, 1.54) is 0 Å². The molecule has 0 aromatic heterocycles. The monoisotopic (exact) mass is 141 g/mol. The molecule has 3 heteroatoms. The fraction of sp³-hybridized carbons (Fsp3) is 0.571. The van der Waals surface area contributed by atoms with Gasteiger partial charge in [-0.15, -0.1) is 6.42 Å². The smallest absolute Gasteiger partial charge is 0.408 e. The highest BCUT2D eigenvalue weighted by molar-refractivity contribution is 5.67. The number of alkyl carbamates (subject to hydrolysis) is 1. The molecule has 0 aliphatic carbocycles. The first-order chi connectivity index (χ1) is 4.70. The topological polar surface area (TPSA) is 38.3 Å². The van der Waals surface area contributed by atoms with Crippen molar-refractivity contribution in [1.82, 2.24) is 5.32 Å². The van der Waals surface area contributed by atoms with Gasteiger partial charge in [-0.1, -0.05) is 5.92 Å². The second-order valence-corrected chi connectivity index (χ2v) is 1.75. The lowest BCUT2D eigenvalue weighted by Crippen LogP contribution is -2.31. The highest BCUT2D eigenvalue weighted by atomic mass is 16.5. The van der Waals surface area contributed by atoms with Crippen LogP contribution in [0, 0.1) is 12.3 Å². The fourth-order valence-electron chi connectivity index (χ4n) is 0.391. The zero-order valence-corrected chi connectivity index (χ0v) is 6.18. The lowest BCUT2D eigenvalue weighted by molar-refractivity contribution is 0.151. The third kappa shape index (κ3) is 3.79. The quantitative estimate of drug-likeness (QED) is 0.576. The molecule has 56 valence electrons. The zero-order valence-electron chi connectivity index (χ0n) is 6.18. The largest absolute Gasteiger partial charge is 0.450 e. The van der Waals surface area contributed by atoms with Gasteiger partial charge in [-0.3, -0.25) is 0 Å². The number of nitrogens with one attached hydrogen (secondary N) is 1. The standard InChI is InChI=1S/C7H11NO2/c1-4-6(3)8-7(9)10-5-2/h1,6H,5H2,2-3H3,(H,8,9). The summed E-state index contributed by atoms with van der Waals surface area (Å²) in [6.45, 7) is 3.81. The van der Waals surface area contributed by atoms with Crippen LogP contribution in [0.1, 0.15) is 13.8 Å². The van der Waals surface area contributed by atoms with Gasteiger partial charge in [0.1, 0.15) is 0 Å². The van der Waals surface area contributed by atoms with E-state index in [4.69, 9.17) is 6.42 Å². The van der Waals surface area contributed by atoms with Crippen molar-refractivity contribution in [2.24, 2.45) is 0 Å². The molecule has 3 nitrogen and oxygen atoms in total. The van der Waals surface area contributed by atoms with E-state index in [0.717, 1.165) is 0 Å². The molecule has 0 aliphatic heterocycles. The van der Waals surface area contributed by atoms with Crippen molar-refractivity contribution < 1.29 is 9.53 Å².